The first-order valence-electron chi connectivity index (χ1n) is 7.78. The number of aromatic amines is 1. The summed E-state index contributed by atoms with van der Waals surface area (Å²) in [7, 11) is 1.63. The van der Waals surface area contributed by atoms with Gasteiger partial charge in [-0.05, 0) is 30.5 Å². The first kappa shape index (κ1) is 16.1. The summed E-state index contributed by atoms with van der Waals surface area (Å²) in [5.41, 5.74) is 6.59. The second kappa shape index (κ2) is 6.79. The van der Waals surface area contributed by atoms with Crippen molar-refractivity contribution in [3.63, 3.8) is 0 Å². The molecule has 128 valence electrons. The molecule has 8 heteroatoms. The molecule has 0 unspecified atom stereocenters. The number of rotatable bonds is 5. The van der Waals surface area contributed by atoms with Crippen molar-refractivity contribution < 1.29 is 9.84 Å². The van der Waals surface area contributed by atoms with Crippen LogP contribution in [0.25, 0.3) is 0 Å². The molecule has 0 bridgehead atoms. The summed E-state index contributed by atoms with van der Waals surface area (Å²) in [5, 5.41) is 16.5. The highest BCUT2D eigenvalue weighted by Gasteiger charge is 2.26. The van der Waals surface area contributed by atoms with Crippen molar-refractivity contribution in [1.29, 1.82) is 0 Å². The fourth-order valence-electron chi connectivity index (χ4n) is 2.74. The topological polar surface area (TPSA) is 125 Å². The first-order chi connectivity index (χ1) is 11.6. The van der Waals surface area contributed by atoms with Gasteiger partial charge in [-0.2, -0.15) is 4.98 Å². The molecule has 0 radical (unpaired) electrons. The molecule has 1 aliphatic heterocycles. The minimum Gasteiger partial charge on any atom is -0.497 e. The highest BCUT2D eigenvalue weighted by molar-refractivity contribution is 5.67. The molecule has 2 atom stereocenters. The number of aliphatic hydroxyl groups excluding tert-OH is 1. The molecule has 6 N–H and O–H groups in total. The molecule has 24 heavy (non-hydrogen) atoms. The summed E-state index contributed by atoms with van der Waals surface area (Å²) in [5.74, 6) is 1.28. The van der Waals surface area contributed by atoms with E-state index < -0.39 is 6.10 Å². The van der Waals surface area contributed by atoms with Crippen LogP contribution in [0.15, 0.2) is 29.1 Å². The molecular formula is C16H21N5O3. The molecule has 0 saturated heterocycles. The SMILES string of the molecule is COc1ccc(CC[C@@H](O)[C@H]2CNc3nc(N)[nH]c(=O)c3N2)cc1. The number of hydrogen-bond donors (Lipinski definition) is 5. The summed E-state index contributed by atoms with van der Waals surface area (Å²) in [6.07, 6.45) is 0.693. The van der Waals surface area contributed by atoms with E-state index in [4.69, 9.17) is 10.5 Å². The van der Waals surface area contributed by atoms with Gasteiger partial charge >= 0.3 is 0 Å². The Morgan fingerprint density at radius 1 is 1.42 bits per heavy atom. The van der Waals surface area contributed by atoms with Crippen molar-refractivity contribution in [2.45, 2.75) is 25.0 Å². The second-order valence-corrected chi connectivity index (χ2v) is 5.76. The Morgan fingerprint density at radius 2 is 2.17 bits per heavy atom. The minimum atomic E-state index is -0.607. The fourth-order valence-corrected chi connectivity index (χ4v) is 2.74. The van der Waals surface area contributed by atoms with Crippen molar-refractivity contribution in [1.82, 2.24) is 9.97 Å². The standard InChI is InChI=1S/C16H21N5O3/c1-24-10-5-2-9(3-6-10)4-7-12(22)11-8-18-14-13(19-11)15(23)21-16(17)20-14/h2-3,5-6,11-12,19,22H,4,7-8H2,1H3,(H4,17,18,20,21,23)/t11-,12-/m1/s1. The molecule has 1 aliphatic rings. The highest BCUT2D eigenvalue weighted by atomic mass is 16.5. The van der Waals surface area contributed by atoms with E-state index in [1.165, 1.54) is 0 Å². The molecule has 3 rings (SSSR count). The van der Waals surface area contributed by atoms with Crippen LogP contribution in [-0.4, -0.2) is 40.9 Å². The summed E-state index contributed by atoms with van der Waals surface area (Å²) >= 11 is 0. The van der Waals surface area contributed by atoms with Gasteiger partial charge in [0, 0.05) is 6.54 Å². The van der Waals surface area contributed by atoms with Crippen LogP contribution in [-0.2, 0) is 6.42 Å². The van der Waals surface area contributed by atoms with Gasteiger partial charge in [-0.1, -0.05) is 12.1 Å². The zero-order valence-electron chi connectivity index (χ0n) is 13.4. The van der Waals surface area contributed by atoms with Gasteiger partial charge in [0.25, 0.3) is 5.56 Å². The van der Waals surface area contributed by atoms with Crippen LogP contribution in [0.1, 0.15) is 12.0 Å². The smallest absolute Gasteiger partial charge is 0.277 e. The predicted octanol–water partition coefficient (Wildman–Crippen LogP) is 0.560. The number of methoxy groups -OCH3 is 1. The maximum Gasteiger partial charge on any atom is 0.277 e. The third-order valence-corrected chi connectivity index (χ3v) is 4.11. The lowest BCUT2D eigenvalue weighted by Gasteiger charge is -2.30. The lowest BCUT2D eigenvalue weighted by Crippen LogP contribution is -2.45. The third-order valence-electron chi connectivity index (χ3n) is 4.11. The summed E-state index contributed by atoms with van der Waals surface area (Å²) in [6, 6.07) is 7.47. The van der Waals surface area contributed by atoms with Gasteiger partial charge in [0.05, 0.1) is 19.3 Å². The maximum atomic E-state index is 11.9. The van der Waals surface area contributed by atoms with E-state index in [1.54, 1.807) is 7.11 Å². The highest BCUT2D eigenvalue weighted by Crippen LogP contribution is 2.22. The third kappa shape index (κ3) is 3.43. The molecule has 2 aromatic rings. The van der Waals surface area contributed by atoms with E-state index in [2.05, 4.69) is 20.6 Å². The molecule has 1 aromatic heterocycles. The predicted molar refractivity (Wildman–Crippen MR) is 92.5 cm³/mol. The van der Waals surface area contributed by atoms with Crippen molar-refractivity contribution >= 4 is 17.5 Å². The lowest BCUT2D eigenvalue weighted by atomic mass is 10.0. The average molecular weight is 331 g/mol. The van der Waals surface area contributed by atoms with E-state index in [1.807, 2.05) is 24.3 Å². The van der Waals surface area contributed by atoms with E-state index in [0.29, 0.717) is 24.5 Å². The monoisotopic (exact) mass is 331 g/mol. The zero-order chi connectivity index (χ0) is 17.1. The van der Waals surface area contributed by atoms with Gasteiger partial charge < -0.3 is 26.2 Å². The van der Waals surface area contributed by atoms with E-state index in [0.717, 1.165) is 17.7 Å². The van der Waals surface area contributed by atoms with Crippen LogP contribution >= 0.6 is 0 Å². The van der Waals surface area contributed by atoms with Crippen molar-refractivity contribution in [3.8, 4) is 5.75 Å². The largest absolute Gasteiger partial charge is 0.497 e. The number of aliphatic hydroxyl groups is 1. The Kier molecular flexibility index (Phi) is 4.57. The zero-order valence-corrected chi connectivity index (χ0v) is 13.4. The number of nitrogens with zero attached hydrogens (tertiary/aromatic N) is 1. The minimum absolute atomic E-state index is 0.0616. The molecular weight excluding hydrogens is 310 g/mol. The number of benzene rings is 1. The van der Waals surface area contributed by atoms with Gasteiger partial charge in [0.1, 0.15) is 11.4 Å². The number of nitrogen functional groups attached to an aromatic ring is 1. The molecule has 0 fully saturated rings. The second-order valence-electron chi connectivity index (χ2n) is 5.76. The Labute approximate surface area is 139 Å². The van der Waals surface area contributed by atoms with Crippen molar-refractivity contribution in [2.24, 2.45) is 0 Å². The van der Waals surface area contributed by atoms with Gasteiger partial charge in [-0.25, -0.2) is 0 Å². The normalized spacial score (nSPS) is 17.3. The molecule has 2 heterocycles. The van der Waals surface area contributed by atoms with E-state index >= 15 is 0 Å². The first-order valence-corrected chi connectivity index (χ1v) is 7.78. The van der Waals surface area contributed by atoms with Gasteiger partial charge in [-0.15, -0.1) is 0 Å². The molecule has 1 aromatic carbocycles. The quantitative estimate of drug-likeness (QED) is 0.542. The van der Waals surface area contributed by atoms with Gasteiger partial charge in [0.2, 0.25) is 5.95 Å². The number of hydrogen-bond acceptors (Lipinski definition) is 7. The van der Waals surface area contributed by atoms with Crippen LogP contribution in [0.3, 0.4) is 0 Å². The van der Waals surface area contributed by atoms with Crippen LogP contribution in [0.5, 0.6) is 5.75 Å². The molecule has 8 nitrogen and oxygen atoms in total. The fraction of sp³-hybridized carbons (Fsp3) is 0.375. The number of aryl methyl sites for hydroxylation is 1. The van der Waals surface area contributed by atoms with Gasteiger partial charge in [-0.3, -0.25) is 9.78 Å². The molecule has 0 aliphatic carbocycles. The number of H-pyrrole nitrogens is 1. The van der Waals surface area contributed by atoms with Crippen LogP contribution < -0.4 is 26.7 Å². The summed E-state index contributed by atoms with van der Waals surface area (Å²) in [4.78, 5) is 18.4. The van der Waals surface area contributed by atoms with Gasteiger partial charge in [0.15, 0.2) is 5.82 Å². The molecule has 0 saturated carbocycles. The summed E-state index contributed by atoms with van der Waals surface area (Å²) < 4.78 is 5.13. The Hall–Kier alpha value is -2.74. The molecule has 0 amide bonds. The summed E-state index contributed by atoms with van der Waals surface area (Å²) in [6.45, 7) is 0.465. The average Bonchev–Trinajstić information content (AvgIpc) is 2.59. The number of fused-ring (bicyclic) bond motifs is 1. The Balaban J connectivity index is 1.61. The Bertz CT molecular complexity index is 759. The van der Waals surface area contributed by atoms with Crippen molar-refractivity contribution in [3.05, 3.63) is 40.2 Å². The number of nitrogens with two attached hydrogens (primary N) is 1. The van der Waals surface area contributed by atoms with Crippen LogP contribution in [0, 0.1) is 0 Å². The van der Waals surface area contributed by atoms with Crippen LogP contribution in [0.4, 0.5) is 17.5 Å². The van der Waals surface area contributed by atoms with Crippen LogP contribution in [0.2, 0.25) is 0 Å². The number of anilines is 3. The number of ether oxygens (including phenoxy) is 1. The van der Waals surface area contributed by atoms with Crippen molar-refractivity contribution in [2.75, 3.05) is 30.0 Å². The Morgan fingerprint density at radius 3 is 2.88 bits per heavy atom. The van der Waals surface area contributed by atoms with E-state index in [-0.39, 0.29) is 17.5 Å². The lowest BCUT2D eigenvalue weighted by molar-refractivity contribution is 0.145. The number of aromatic nitrogens is 2. The van der Waals surface area contributed by atoms with E-state index in [9.17, 15) is 9.90 Å². The number of nitrogens with one attached hydrogen (secondary N) is 3. The maximum absolute atomic E-state index is 11.9. The molecule has 0 spiro atoms.